The molecule has 0 atom stereocenters. The summed E-state index contributed by atoms with van der Waals surface area (Å²) in [5.74, 6) is -0.669. The molecule has 27 heavy (non-hydrogen) atoms. The molecule has 0 aliphatic heterocycles. The van der Waals surface area contributed by atoms with Crippen LogP contribution < -0.4 is 5.32 Å². The predicted octanol–water partition coefficient (Wildman–Crippen LogP) is 6.40. The van der Waals surface area contributed by atoms with Crippen LogP contribution in [0.3, 0.4) is 0 Å². The summed E-state index contributed by atoms with van der Waals surface area (Å²) >= 11 is 0. The molecule has 0 saturated heterocycles. The highest BCUT2D eigenvalue weighted by Gasteiger charge is 2.01. The van der Waals surface area contributed by atoms with Crippen molar-refractivity contribution in [1.82, 2.24) is 5.32 Å². The Kier molecular flexibility index (Phi) is 20.0. The zero-order chi connectivity index (χ0) is 20.0. The Hall–Kier alpha value is -1.32. The molecule has 0 bridgehead atoms. The number of unbranched alkanes of at least 4 members (excludes halogenated alkanes) is 12. The third-order valence-corrected chi connectivity index (χ3v) is 4.81. The lowest BCUT2D eigenvalue weighted by Gasteiger charge is -2.04. The minimum Gasteiger partial charge on any atom is -0.481 e. The van der Waals surface area contributed by atoms with Gasteiger partial charge in [-0.1, -0.05) is 70.4 Å². The molecule has 0 aliphatic rings. The highest BCUT2D eigenvalue weighted by atomic mass is 16.4. The molecule has 0 rings (SSSR count). The van der Waals surface area contributed by atoms with Gasteiger partial charge in [0.1, 0.15) is 0 Å². The van der Waals surface area contributed by atoms with Gasteiger partial charge < -0.3 is 10.4 Å². The quantitative estimate of drug-likeness (QED) is 0.189. The smallest absolute Gasteiger partial charge is 0.303 e. The number of carbonyl (C=O) groups excluding carboxylic acids is 1. The third kappa shape index (κ3) is 22.6. The molecule has 0 aliphatic carbocycles. The van der Waals surface area contributed by atoms with Crippen molar-refractivity contribution < 1.29 is 14.7 Å². The van der Waals surface area contributed by atoms with Crippen molar-refractivity contribution in [1.29, 1.82) is 0 Å². The lowest BCUT2D eigenvalue weighted by molar-refractivity contribution is -0.137. The zero-order valence-corrected chi connectivity index (χ0v) is 17.6. The summed E-state index contributed by atoms with van der Waals surface area (Å²) in [6, 6.07) is 0. The van der Waals surface area contributed by atoms with Gasteiger partial charge in [0.2, 0.25) is 5.91 Å². The number of rotatable bonds is 20. The second kappa shape index (κ2) is 21.0. The first-order valence-corrected chi connectivity index (χ1v) is 11.3. The summed E-state index contributed by atoms with van der Waals surface area (Å²) < 4.78 is 0. The van der Waals surface area contributed by atoms with E-state index in [0.717, 1.165) is 19.3 Å². The summed E-state index contributed by atoms with van der Waals surface area (Å²) in [7, 11) is 0. The number of hydrogen-bond acceptors (Lipinski definition) is 2. The SMILES string of the molecule is CCCCCCCC/C=C\CCCCCCCC(=O)NCCCCC(=O)O. The topological polar surface area (TPSA) is 66.4 Å². The largest absolute Gasteiger partial charge is 0.481 e. The maximum atomic E-state index is 11.6. The van der Waals surface area contributed by atoms with E-state index < -0.39 is 5.97 Å². The van der Waals surface area contributed by atoms with Gasteiger partial charge in [-0.15, -0.1) is 0 Å². The van der Waals surface area contributed by atoms with Crippen LogP contribution in [0, 0.1) is 0 Å². The van der Waals surface area contributed by atoms with Crippen molar-refractivity contribution in [2.75, 3.05) is 6.54 Å². The lowest BCUT2D eigenvalue weighted by Crippen LogP contribution is -2.24. The van der Waals surface area contributed by atoms with Gasteiger partial charge in [0.15, 0.2) is 0 Å². The van der Waals surface area contributed by atoms with Crippen molar-refractivity contribution in [3.8, 4) is 0 Å². The molecular weight excluding hydrogens is 338 g/mol. The molecule has 1 amide bonds. The van der Waals surface area contributed by atoms with Crippen LogP contribution in [0.5, 0.6) is 0 Å². The fourth-order valence-corrected chi connectivity index (χ4v) is 3.07. The maximum Gasteiger partial charge on any atom is 0.303 e. The van der Waals surface area contributed by atoms with Crippen molar-refractivity contribution in [3.05, 3.63) is 12.2 Å². The number of carbonyl (C=O) groups is 2. The normalized spacial score (nSPS) is 11.1. The molecule has 0 aromatic carbocycles. The van der Waals surface area contributed by atoms with Gasteiger partial charge in [0.05, 0.1) is 0 Å². The van der Waals surface area contributed by atoms with E-state index in [4.69, 9.17) is 5.11 Å². The van der Waals surface area contributed by atoms with Crippen molar-refractivity contribution >= 4 is 11.9 Å². The van der Waals surface area contributed by atoms with Gasteiger partial charge in [-0.3, -0.25) is 9.59 Å². The zero-order valence-electron chi connectivity index (χ0n) is 17.6. The molecule has 0 saturated carbocycles. The molecule has 4 heteroatoms. The van der Waals surface area contributed by atoms with Gasteiger partial charge >= 0.3 is 5.97 Å². The molecule has 0 aromatic rings. The molecule has 0 aromatic heterocycles. The predicted molar refractivity (Wildman–Crippen MR) is 114 cm³/mol. The van der Waals surface area contributed by atoms with Crippen LogP contribution in [0.15, 0.2) is 12.2 Å². The van der Waals surface area contributed by atoms with Crippen LogP contribution in [0.25, 0.3) is 0 Å². The Morgan fingerprint density at radius 1 is 0.704 bits per heavy atom. The van der Waals surface area contributed by atoms with Crippen LogP contribution in [0.2, 0.25) is 0 Å². The Bertz CT molecular complexity index is 380. The number of allylic oxidation sites excluding steroid dienone is 2. The average molecular weight is 382 g/mol. The molecule has 0 heterocycles. The third-order valence-electron chi connectivity index (χ3n) is 4.81. The van der Waals surface area contributed by atoms with E-state index >= 15 is 0 Å². The number of carboxylic acid groups (broad SMARTS) is 1. The molecule has 0 fully saturated rings. The van der Waals surface area contributed by atoms with Crippen LogP contribution in [-0.2, 0) is 9.59 Å². The van der Waals surface area contributed by atoms with Gasteiger partial charge in [0, 0.05) is 19.4 Å². The minimum absolute atomic E-state index is 0.1000. The molecule has 4 nitrogen and oxygen atoms in total. The second-order valence-corrected chi connectivity index (χ2v) is 7.54. The maximum absolute atomic E-state index is 11.6. The molecule has 0 radical (unpaired) electrons. The monoisotopic (exact) mass is 381 g/mol. The number of aliphatic carboxylic acids is 1. The Morgan fingerprint density at radius 2 is 1.22 bits per heavy atom. The van der Waals surface area contributed by atoms with E-state index in [0.29, 0.717) is 19.4 Å². The highest BCUT2D eigenvalue weighted by Crippen LogP contribution is 2.10. The van der Waals surface area contributed by atoms with E-state index in [2.05, 4.69) is 24.4 Å². The van der Waals surface area contributed by atoms with Crippen LogP contribution in [0.4, 0.5) is 0 Å². The Balaban J connectivity index is 3.22. The Labute approximate surface area is 167 Å². The van der Waals surface area contributed by atoms with E-state index in [-0.39, 0.29) is 12.3 Å². The molecule has 0 spiro atoms. The summed E-state index contributed by atoms with van der Waals surface area (Å²) in [5, 5.41) is 11.4. The first kappa shape index (κ1) is 25.7. The number of nitrogens with one attached hydrogen (secondary N) is 1. The molecule has 2 N–H and O–H groups in total. The van der Waals surface area contributed by atoms with Crippen molar-refractivity contribution in [2.24, 2.45) is 0 Å². The van der Waals surface area contributed by atoms with Gasteiger partial charge in [-0.2, -0.15) is 0 Å². The molecule has 0 unspecified atom stereocenters. The summed E-state index contributed by atoms with van der Waals surface area (Å²) in [6.45, 7) is 2.85. The average Bonchev–Trinajstić information content (AvgIpc) is 2.64. The Morgan fingerprint density at radius 3 is 1.81 bits per heavy atom. The summed E-state index contributed by atoms with van der Waals surface area (Å²) in [6.07, 6.45) is 23.2. The second-order valence-electron chi connectivity index (χ2n) is 7.54. The fourth-order valence-electron chi connectivity index (χ4n) is 3.07. The number of carboxylic acids is 1. The fraction of sp³-hybridized carbons (Fsp3) is 0.826. The standard InChI is InChI=1S/C23H43NO3/c1-2-3-4-5-6-7-8-9-10-11-12-13-14-15-16-19-22(25)24-21-18-17-20-23(26)27/h9-10H,2-8,11-21H2,1H3,(H,24,25)(H,26,27)/b10-9-. The van der Waals surface area contributed by atoms with Gasteiger partial charge in [-0.25, -0.2) is 0 Å². The first-order chi connectivity index (χ1) is 13.2. The van der Waals surface area contributed by atoms with E-state index in [1.807, 2.05) is 0 Å². The molecule has 158 valence electrons. The lowest BCUT2D eigenvalue weighted by atomic mass is 10.1. The summed E-state index contributed by atoms with van der Waals surface area (Å²) in [5.41, 5.74) is 0. The minimum atomic E-state index is -0.769. The van der Waals surface area contributed by atoms with Crippen LogP contribution >= 0.6 is 0 Å². The van der Waals surface area contributed by atoms with Crippen molar-refractivity contribution in [3.63, 3.8) is 0 Å². The van der Waals surface area contributed by atoms with E-state index in [9.17, 15) is 9.59 Å². The van der Waals surface area contributed by atoms with Crippen LogP contribution in [0.1, 0.15) is 116 Å². The van der Waals surface area contributed by atoms with Crippen molar-refractivity contribution in [2.45, 2.75) is 116 Å². The van der Waals surface area contributed by atoms with E-state index in [1.165, 1.54) is 70.6 Å². The highest BCUT2D eigenvalue weighted by molar-refractivity contribution is 5.75. The molecular formula is C23H43NO3. The number of hydrogen-bond donors (Lipinski definition) is 2. The number of amides is 1. The van der Waals surface area contributed by atoms with Crippen LogP contribution in [-0.4, -0.2) is 23.5 Å². The van der Waals surface area contributed by atoms with Gasteiger partial charge in [0.25, 0.3) is 0 Å². The van der Waals surface area contributed by atoms with E-state index in [1.54, 1.807) is 0 Å². The summed E-state index contributed by atoms with van der Waals surface area (Å²) in [4.78, 5) is 22.0. The first-order valence-electron chi connectivity index (χ1n) is 11.3. The van der Waals surface area contributed by atoms with Gasteiger partial charge in [-0.05, 0) is 44.9 Å².